The topological polar surface area (TPSA) is 241 Å². The van der Waals surface area contributed by atoms with Crippen molar-refractivity contribution in [3.8, 4) is 0 Å². The lowest BCUT2D eigenvalue weighted by Crippen LogP contribution is -2.34. The average molecular weight is 525 g/mol. The molecule has 1 aliphatic rings. The van der Waals surface area contributed by atoms with E-state index in [1.54, 1.807) is 0 Å². The van der Waals surface area contributed by atoms with Gasteiger partial charge >= 0.3 is 13.6 Å². The van der Waals surface area contributed by atoms with Crippen LogP contribution in [0.5, 0.6) is 0 Å². The molecule has 34 heavy (non-hydrogen) atoms. The van der Waals surface area contributed by atoms with Crippen LogP contribution in [0.3, 0.4) is 0 Å². The fraction of sp³-hybridized carbons (Fsp3) is 0.562. The molecule has 0 radical (unpaired) electrons. The number of aromatic nitrogens is 4. The minimum atomic E-state index is -4.37. The van der Waals surface area contributed by atoms with E-state index < -0.39 is 62.3 Å². The zero-order chi connectivity index (χ0) is 25.0. The smallest absolute Gasteiger partial charge is 0.339 e. The number of fused-ring (bicyclic) bond motifs is 1. The number of aliphatic hydroxyl groups excluding tert-OH is 2. The van der Waals surface area contributed by atoms with Crippen molar-refractivity contribution < 1.29 is 43.3 Å². The van der Waals surface area contributed by atoms with Gasteiger partial charge in [0.2, 0.25) is 11.9 Å². The van der Waals surface area contributed by atoms with E-state index in [4.69, 9.17) is 31.3 Å². The average Bonchev–Trinajstić information content (AvgIpc) is 3.30. The summed E-state index contributed by atoms with van der Waals surface area (Å²) in [5.74, 6) is -2.11. The lowest BCUT2D eigenvalue weighted by molar-refractivity contribution is -0.147. The number of imidazole rings is 1. The molecular formula is C16H22ClN6O10P. The second-order valence-corrected chi connectivity index (χ2v) is 9.23. The second kappa shape index (κ2) is 10.8. The standard InChI is InChI=1S/C16H22ClN6O10P/c17-3-8(24)19-1-2-32-34(29,30)5-9(25)31-4-7-11(26)12(27)15(33-7)23-6-20-10-13(23)21-16(18)22-14(10)28/h6-7,11-12,15,26-27H,1-5H2,(H,19,24)(H,29,30)(H3,18,21,22,28). The number of alkyl halides is 1. The Morgan fingerprint density at radius 1 is 1.38 bits per heavy atom. The van der Waals surface area contributed by atoms with E-state index in [2.05, 4.69) is 20.3 Å². The molecule has 0 bridgehead atoms. The molecule has 3 rings (SSSR count). The molecule has 2 aromatic heterocycles. The first kappa shape index (κ1) is 26.0. The van der Waals surface area contributed by atoms with Crippen molar-refractivity contribution in [2.24, 2.45) is 0 Å². The number of carbonyl (C=O) groups excluding carboxylic acids is 2. The maximum Gasteiger partial charge on any atom is 0.339 e. The first-order valence-electron chi connectivity index (χ1n) is 9.71. The van der Waals surface area contributed by atoms with Gasteiger partial charge in [0.25, 0.3) is 5.56 Å². The summed E-state index contributed by atoms with van der Waals surface area (Å²) in [6, 6.07) is 0. The number of anilines is 1. The van der Waals surface area contributed by atoms with Crippen LogP contribution in [0.1, 0.15) is 6.23 Å². The highest BCUT2D eigenvalue weighted by atomic mass is 35.5. The maximum atomic E-state index is 12.0. The van der Waals surface area contributed by atoms with E-state index >= 15 is 0 Å². The number of esters is 1. The summed E-state index contributed by atoms with van der Waals surface area (Å²) in [6.45, 7) is -1.01. The predicted molar refractivity (Wildman–Crippen MR) is 114 cm³/mol. The van der Waals surface area contributed by atoms with E-state index in [9.17, 15) is 34.1 Å². The van der Waals surface area contributed by atoms with Crippen LogP contribution in [0.25, 0.3) is 11.2 Å². The highest BCUT2D eigenvalue weighted by Gasteiger charge is 2.45. The maximum absolute atomic E-state index is 12.0. The van der Waals surface area contributed by atoms with Crippen LogP contribution in [0.2, 0.25) is 0 Å². The normalized spacial score (nSPS) is 24.1. The summed E-state index contributed by atoms with van der Waals surface area (Å²) in [6.07, 6.45) is -5.32. The fourth-order valence-electron chi connectivity index (χ4n) is 3.08. The quantitative estimate of drug-likeness (QED) is 0.0810. The molecule has 1 saturated heterocycles. The monoisotopic (exact) mass is 524 g/mol. The molecule has 188 valence electrons. The molecule has 1 fully saturated rings. The van der Waals surface area contributed by atoms with Gasteiger partial charge in [-0.2, -0.15) is 4.98 Å². The zero-order valence-corrected chi connectivity index (χ0v) is 19.0. The number of aromatic amines is 1. The summed E-state index contributed by atoms with van der Waals surface area (Å²) < 4.78 is 28.3. The Kier molecular flexibility index (Phi) is 8.25. The van der Waals surface area contributed by atoms with Gasteiger partial charge in [-0.05, 0) is 0 Å². The second-order valence-electron chi connectivity index (χ2n) is 7.12. The third kappa shape index (κ3) is 6.09. The number of aliphatic hydroxyl groups is 2. The summed E-state index contributed by atoms with van der Waals surface area (Å²) in [7, 11) is -4.37. The Balaban J connectivity index is 1.55. The molecule has 18 heteroatoms. The van der Waals surface area contributed by atoms with Crippen LogP contribution >= 0.6 is 19.2 Å². The van der Waals surface area contributed by atoms with Crippen LogP contribution in [0.15, 0.2) is 11.1 Å². The lowest BCUT2D eigenvalue weighted by atomic mass is 10.1. The number of nitrogens with zero attached hydrogens (tertiary/aromatic N) is 3. The van der Waals surface area contributed by atoms with E-state index in [-0.39, 0.29) is 36.1 Å². The van der Waals surface area contributed by atoms with Gasteiger partial charge in [-0.25, -0.2) is 4.98 Å². The number of ether oxygens (including phenoxy) is 2. The molecular weight excluding hydrogens is 503 g/mol. The van der Waals surface area contributed by atoms with Crippen molar-refractivity contribution in [1.29, 1.82) is 0 Å². The highest BCUT2D eigenvalue weighted by Crippen LogP contribution is 2.41. The summed E-state index contributed by atoms with van der Waals surface area (Å²) >= 11 is 5.29. The number of nitrogen functional groups attached to an aromatic ring is 1. The van der Waals surface area contributed by atoms with E-state index in [0.717, 1.165) is 6.33 Å². The summed E-state index contributed by atoms with van der Waals surface area (Å²) in [5, 5.41) is 23.0. The van der Waals surface area contributed by atoms with Crippen LogP contribution in [-0.2, 0) is 28.2 Å². The fourth-order valence-corrected chi connectivity index (χ4v) is 4.06. The zero-order valence-electron chi connectivity index (χ0n) is 17.4. The number of nitrogens with one attached hydrogen (secondary N) is 2. The third-order valence-electron chi connectivity index (χ3n) is 4.64. The van der Waals surface area contributed by atoms with Crippen molar-refractivity contribution in [3.63, 3.8) is 0 Å². The van der Waals surface area contributed by atoms with Crippen LogP contribution in [0, 0.1) is 0 Å². The van der Waals surface area contributed by atoms with Gasteiger partial charge in [-0.1, -0.05) is 0 Å². The van der Waals surface area contributed by atoms with Gasteiger partial charge in [0, 0.05) is 6.54 Å². The number of halogens is 1. The number of rotatable bonds is 10. The molecule has 0 aliphatic carbocycles. The molecule has 16 nitrogen and oxygen atoms in total. The number of hydrogen-bond donors (Lipinski definition) is 6. The Hall–Kier alpha value is -2.59. The highest BCUT2D eigenvalue weighted by molar-refractivity contribution is 7.53. The van der Waals surface area contributed by atoms with E-state index in [1.165, 1.54) is 4.57 Å². The van der Waals surface area contributed by atoms with Crippen molar-refractivity contribution in [2.75, 3.05) is 37.5 Å². The van der Waals surface area contributed by atoms with Crippen molar-refractivity contribution >= 4 is 48.2 Å². The number of carbonyl (C=O) groups is 2. The van der Waals surface area contributed by atoms with Crippen molar-refractivity contribution in [1.82, 2.24) is 24.8 Å². The van der Waals surface area contributed by atoms with Gasteiger partial charge in [0.1, 0.15) is 37.0 Å². The molecule has 0 spiro atoms. The molecule has 1 aliphatic heterocycles. The third-order valence-corrected chi connectivity index (χ3v) is 6.12. The van der Waals surface area contributed by atoms with Crippen LogP contribution in [-0.4, -0.2) is 96.6 Å². The molecule has 5 atom stereocenters. The molecule has 5 unspecified atom stereocenters. The largest absolute Gasteiger partial charge is 0.462 e. The number of amides is 1. The first-order valence-corrected chi connectivity index (χ1v) is 12.0. The summed E-state index contributed by atoms with van der Waals surface area (Å²) in [5.41, 5.74) is 4.84. The van der Waals surface area contributed by atoms with Crippen LogP contribution < -0.4 is 16.6 Å². The first-order chi connectivity index (χ1) is 16.0. The minimum absolute atomic E-state index is 0.00394. The van der Waals surface area contributed by atoms with Crippen molar-refractivity contribution in [3.05, 3.63) is 16.7 Å². The SMILES string of the molecule is Nc1nc2c(ncn2C2OC(COC(=O)CP(=O)(O)OCCNC(=O)CCl)C(O)C2O)c(=O)[nH]1. The van der Waals surface area contributed by atoms with E-state index in [0.29, 0.717) is 0 Å². The number of H-pyrrole nitrogens is 1. The Labute approximate surface area is 195 Å². The van der Waals surface area contributed by atoms with Gasteiger partial charge in [-0.15, -0.1) is 11.6 Å². The Bertz CT molecular complexity index is 1160. The van der Waals surface area contributed by atoms with Gasteiger partial charge in [0.05, 0.1) is 12.9 Å². The molecule has 7 N–H and O–H groups in total. The molecule has 1 amide bonds. The summed E-state index contributed by atoms with van der Waals surface area (Å²) in [4.78, 5) is 54.7. The predicted octanol–water partition coefficient (Wildman–Crippen LogP) is -2.58. The minimum Gasteiger partial charge on any atom is -0.462 e. The number of hydrogen-bond acceptors (Lipinski definition) is 12. The van der Waals surface area contributed by atoms with Gasteiger partial charge in [-0.3, -0.25) is 28.5 Å². The van der Waals surface area contributed by atoms with E-state index in [1.807, 2.05) is 0 Å². The Morgan fingerprint density at radius 2 is 2.12 bits per heavy atom. The molecule has 3 heterocycles. The molecule has 0 saturated carbocycles. The molecule has 2 aromatic rings. The van der Waals surface area contributed by atoms with Gasteiger partial charge < -0.3 is 40.2 Å². The molecule has 0 aromatic carbocycles. The van der Waals surface area contributed by atoms with Crippen molar-refractivity contribution in [2.45, 2.75) is 24.5 Å². The lowest BCUT2D eigenvalue weighted by Gasteiger charge is -2.16. The Morgan fingerprint density at radius 3 is 2.82 bits per heavy atom. The van der Waals surface area contributed by atoms with Crippen LogP contribution in [0.4, 0.5) is 5.95 Å². The van der Waals surface area contributed by atoms with Gasteiger partial charge in [0.15, 0.2) is 17.4 Å². The number of nitrogens with two attached hydrogens (primary N) is 1.